The molecule has 2 rings (SSSR count). The van der Waals surface area contributed by atoms with E-state index in [1.807, 2.05) is 31.2 Å². The third kappa shape index (κ3) is 4.24. The highest BCUT2D eigenvalue weighted by molar-refractivity contribution is 5.95. The highest BCUT2D eigenvalue weighted by Gasteiger charge is 2.13. The first-order valence-corrected chi connectivity index (χ1v) is 7.15. The lowest BCUT2D eigenvalue weighted by molar-refractivity contribution is 0.0953. The molecule has 4 heteroatoms. The molecule has 0 aliphatic carbocycles. The fourth-order valence-electron chi connectivity index (χ4n) is 2.30. The number of carbonyl (C=O) groups excluding carboxylic acids is 1. The lowest BCUT2D eigenvalue weighted by Gasteiger charge is -2.25. The Kier molecular flexibility index (Phi) is 5.21. The quantitative estimate of drug-likeness (QED) is 0.760. The first-order chi connectivity index (χ1) is 9.29. The number of hydrogen-bond acceptors (Lipinski definition) is 3. The molecular weight excluding hydrogens is 238 g/mol. The number of hydrogen-bond donors (Lipinski definition) is 3. The zero-order valence-corrected chi connectivity index (χ0v) is 11.5. The van der Waals surface area contributed by atoms with Gasteiger partial charge in [-0.2, -0.15) is 0 Å². The van der Waals surface area contributed by atoms with Crippen LogP contribution in [0.4, 0.5) is 5.69 Å². The van der Waals surface area contributed by atoms with Gasteiger partial charge in [0.1, 0.15) is 0 Å². The van der Waals surface area contributed by atoms with Crippen LogP contribution in [0.5, 0.6) is 0 Å². The summed E-state index contributed by atoms with van der Waals surface area (Å²) in [7, 11) is 0. The summed E-state index contributed by atoms with van der Waals surface area (Å²) in [5.41, 5.74) is 1.75. The molecule has 1 atom stereocenters. The van der Waals surface area contributed by atoms with Gasteiger partial charge in [-0.25, -0.2) is 0 Å². The van der Waals surface area contributed by atoms with Crippen molar-refractivity contribution in [2.75, 3.05) is 25.0 Å². The third-order valence-corrected chi connectivity index (χ3v) is 3.33. The first-order valence-electron chi connectivity index (χ1n) is 7.15. The second-order valence-electron chi connectivity index (χ2n) is 5.02. The zero-order valence-electron chi connectivity index (χ0n) is 11.5. The lowest BCUT2D eigenvalue weighted by atomic mass is 10.1. The fourth-order valence-corrected chi connectivity index (χ4v) is 2.30. The van der Waals surface area contributed by atoms with Crippen LogP contribution in [0.2, 0.25) is 0 Å². The molecule has 1 fully saturated rings. The Labute approximate surface area is 115 Å². The number of anilines is 1. The standard InChI is InChI=1S/C15H23N3O/c1-2-8-17-15(19)12-5-3-6-13(10-12)18-14-7-4-9-16-11-14/h3,5-6,10,14,16,18H,2,4,7-9,11H2,1H3,(H,17,19). The fraction of sp³-hybridized carbons (Fsp3) is 0.533. The minimum absolute atomic E-state index is 0.00673. The molecule has 1 amide bonds. The lowest BCUT2D eigenvalue weighted by Crippen LogP contribution is -2.38. The summed E-state index contributed by atoms with van der Waals surface area (Å²) in [6, 6.07) is 8.20. The number of rotatable bonds is 5. The Balaban J connectivity index is 1.95. The number of amides is 1. The van der Waals surface area contributed by atoms with Crippen molar-refractivity contribution in [3.05, 3.63) is 29.8 Å². The Hall–Kier alpha value is -1.55. The van der Waals surface area contributed by atoms with Crippen molar-refractivity contribution in [3.63, 3.8) is 0 Å². The molecule has 0 aromatic heterocycles. The predicted octanol–water partition coefficient (Wildman–Crippen LogP) is 1.99. The molecule has 19 heavy (non-hydrogen) atoms. The molecule has 0 radical (unpaired) electrons. The summed E-state index contributed by atoms with van der Waals surface area (Å²) < 4.78 is 0. The molecule has 1 heterocycles. The molecule has 4 nitrogen and oxygen atoms in total. The summed E-state index contributed by atoms with van der Waals surface area (Å²) in [6.07, 6.45) is 3.34. The van der Waals surface area contributed by atoms with Gasteiger partial charge in [-0.05, 0) is 44.0 Å². The van der Waals surface area contributed by atoms with Crippen LogP contribution in [0.15, 0.2) is 24.3 Å². The molecule has 3 N–H and O–H groups in total. The monoisotopic (exact) mass is 261 g/mol. The minimum Gasteiger partial charge on any atom is -0.381 e. The van der Waals surface area contributed by atoms with Crippen molar-refractivity contribution in [3.8, 4) is 0 Å². The van der Waals surface area contributed by atoms with Gasteiger partial charge in [0, 0.05) is 30.4 Å². The predicted molar refractivity (Wildman–Crippen MR) is 78.6 cm³/mol. The van der Waals surface area contributed by atoms with Crippen molar-refractivity contribution in [2.45, 2.75) is 32.2 Å². The maximum absolute atomic E-state index is 11.9. The van der Waals surface area contributed by atoms with Gasteiger partial charge < -0.3 is 16.0 Å². The molecule has 1 aromatic carbocycles. The van der Waals surface area contributed by atoms with Crippen molar-refractivity contribution in [1.29, 1.82) is 0 Å². The van der Waals surface area contributed by atoms with E-state index in [-0.39, 0.29) is 5.91 Å². The van der Waals surface area contributed by atoms with Crippen LogP contribution in [0, 0.1) is 0 Å². The highest BCUT2D eigenvalue weighted by Crippen LogP contribution is 2.14. The van der Waals surface area contributed by atoms with Gasteiger partial charge in [0.2, 0.25) is 0 Å². The Morgan fingerprint density at radius 2 is 2.37 bits per heavy atom. The van der Waals surface area contributed by atoms with Crippen LogP contribution in [-0.2, 0) is 0 Å². The summed E-state index contributed by atoms with van der Waals surface area (Å²) in [5.74, 6) is 0.00673. The average molecular weight is 261 g/mol. The van der Waals surface area contributed by atoms with E-state index in [0.717, 1.165) is 37.3 Å². The van der Waals surface area contributed by atoms with Gasteiger partial charge in [-0.1, -0.05) is 13.0 Å². The van der Waals surface area contributed by atoms with E-state index < -0.39 is 0 Å². The van der Waals surface area contributed by atoms with Crippen molar-refractivity contribution in [1.82, 2.24) is 10.6 Å². The first kappa shape index (κ1) is 13.9. The van der Waals surface area contributed by atoms with Gasteiger partial charge in [-0.3, -0.25) is 4.79 Å². The topological polar surface area (TPSA) is 53.2 Å². The Bertz CT molecular complexity index is 414. The summed E-state index contributed by atoms with van der Waals surface area (Å²) in [4.78, 5) is 11.9. The van der Waals surface area contributed by atoms with Crippen LogP contribution in [0.3, 0.4) is 0 Å². The molecule has 1 aromatic rings. The molecule has 104 valence electrons. The van der Waals surface area contributed by atoms with Gasteiger partial charge >= 0.3 is 0 Å². The van der Waals surface area contributed by atoms with Crippen LogP contribution in [-0.4, -0.2) is 31.6 Å². The van der Waals surface area contributed by atoms with E-state index in [0.29, 0.717) is 6.04 Å². The van der Waals surface area contributed by atoms with Crippen LogP contribution < -0.4 is 16.0 Å². The van der Waals surface area contributed by atoms with Crippen molar-refractivity contribution >= 4 is 11.6 Å². The van der Waals surface area contributed by atoms with Crippen LogP contribution in [0.25, 0.3) is 0 Å². The van der Waals surface area contributed by atoms with E-state index in [1.54, 1.807) is 0 Å². The van der Waals surface area contributed by atoms with Crippen molar-refractivity contribution < 1.29 is 4.79 Å². The molecule has 0 spiro atoms. The minimum atomic E-state index is 0.00673. The largest absolute Gasteiger partial charge is 0.381 e. The number of piperidine rings is 1. The molecule has 1 aliphatic rings. The molecule has 0 bridgehead atoms. The number of nitrogens with one attached hydrogen (secondary N) is 3. The molecule has 1 unspecified atom stereocenters. The third-order valence-electron chi connectivity index (χ3n) is 3.33. The zero-order chi connectivity index (χ0) is 13.5. The molecular formula is C15H23N3O. The van der Waals surface area contributed by atoms with Gasteiger partial charge in [0.15, 0.2) is 0 Å². The van der Waals surface area contributed by atoms with Crippen molar-refractivity contribution in [2.24, 2.45) is 0 Å². The van der Waals surface area contributed by atoms with E-state index in [1.165, 1.54) is 12.8 Å². The summed E-state index contributed by atoms with van der Waals surface area (Å²) in [5, 5.41) is 9.77. The van der Waals surface area contributed by atoms with E-state index in [9.17, 15) is 4.79 Å². The number of benzene rings is 1. The Morgan fingerprint density at radius 1 is 1.47 bits per heavy atom. The maximum Gasteiger partial charge on any atom is 0.251 e. The molecule has 1 saturated heterocycles. The highest BCUT2D eigenvalue weighted by atomic mass is 16.1. The molecule has 1 aliphatic heterocycles. The van der Waals surface area contributed by atoms with E-state index in [2.05, 4.69) is 16.0 Å². The number of carbonyl (C=O) groups is 1. The van der Waals surface area contributed by atoms with Gasteiger partial charge in [0.05, 0.1) is 0 Å². The second kappa shape index (κ2) is 7.14. The van der Waals surface area contributed by atoms with E-state index >= 15 is 0 Å². The second-order valence-corrected chi connectivity index (χ2v) is 5.02. The smallest absolute Gasteiger partial charge is 0.251 e. The van der Waals surface area contributed by atoms with Gasteiger partial charge in [-0.15, -0.1) is 0 Å². The van der Waals surface area contributed by atoms with Gasteiger partial charge in [0.25, 0.3) is 5.91 Å². The van der Waals surface area contributed by atoms with Crippen LogP contribution in [0.1, 0.15) is 36.5 Å². The Morgan fingerprint density at radius 3 is 3.11 bits per heavy atom. The van der Waals surface area contributed by atoms with Crippen LogP contribution >= 0.6 is 0 Å². The maximum atomic E-state index is 11.9. The summed E-state index contributed by atoms with van der Waals surface area (Å²) in [6.45, 7) is 4.88. The normalized spacial score (nSPS) is 18.9. The SMILES string of the molecule is CCCNC(=O)c1cccc(NC2CCCNC2)c1. The average Bonchev–Trinajstić information content (AvgIpc) is 2.46. The molecule has 0 saturated carbocycles. The summed E-state index contributed by atoms with van der Waals surface area (Å²) >= 11 is 0. The van der Waals surface area contributed by atoms with E-state index in [4.69, 9.17) is 0 Å².